The molecule has 0 aliphatic heterocycles. The number of nitrogens with zero attached hydrogens (tertiary/aromatic N) is 3. The molecule has 6 nitrogen and oxygen atoms in total. The fourth-order valence-electron chi connectivity index (χ4n) is 4.22. The van der Waals surface area contributed by atoms with Crippen molar-refractivity contribution in [2.75, 3.05) is 11.4 Å². The van der Waals surface area contributed by atoms with Gasteiger partial charge in [0.15, 0.2) is 0 Å². The molecule has 0 aromatic heterocycles. The van der Waals surface area contributed by atoms with Gasteiger partial charge in [-0.2, -0.15) is 0 Å². The van der Waals surface area contributed by atoms with Gasteiger partial charge in [-0.15, -0.1) is 13.2 Å². The summed E-state index contributed by atoms with van der Waals surface area (Å²) in [5.74, 6) is -0.320. The van der Waals surface area contributed by atoms with E-state index in [0.29, 0.717) is 36.2 Å². The molecular formula is C23H24F3N3O3. The summed E-state index contributed by atoms with van der Waals surface area (Å²) in [4.78, 5) is 17.1. The van der Waals surface area contributed by atoms with Crippen LogP contribution in [0.4, 0.5) is 24.5 Å². The molecule has 0 N–H and O–H groups in total. The molecule has 0 saturated heterocycles. The van der Waals surface area contributed by atoms with Crippen molar-refractivity contribution in [1.29, 1.82) is 0 Å². The fourth-order valence-corrected chi connectivity index (χ4v) is 4.22. The zero-order valence-corrected chi connectivity index (χ0v) is 17.7. The van der Waals surface area contributed by atoms with Crippen LogP contribution in [0.3, 0.4) is 0 Å². The average molecular weight is 447 g/mol. The first-order chi connectivity index (χ1) is 15.2. The van der Waals surface area contributed by atoms with E-state index < -0.39 is 16.8 Å². The Bertz CT molecular complexity index is 994. The van der Waals surface area contributed by atoms with Crippen LogP contribution in [0.1, 0.15) is 50.2 Å². The van der Waals surface area contributed by atoms with Crippen LogP contribution in [0, 0.1) is 16.7 Å². The molecule has 170 valence electrons. The number of hydrogen-bond acceptors (Lipinski definition) is 4. The quantitative estimate of drug-likeness (QED) is 0.260. The molecule has 1 aliphatic carbocycles. The van der Waals surface area contributed by atoms with Crippen LogP contribution >= 0.6 is 0 Å². The van der Waals surface area contributed by atoms with Crippen LogP contribution in [0.5, 0.6) is 5.75 Å². The number of anilines is 1. The highest BCUT2D eigenvalue weighted by Crippen LogP contribution is 2.45. The molecule has 0 heterocycles. The summed E-state index contributed by atoms with van der Waals surface area (Å²) >= 11 is 0. The monoisotopic (exact) mass is 447 g/mol. The van der Waals surface area contributed by atoms with Gasteiger partial charge >= 0.3 is 6.36 Å². The average Bonchev–Trinajstić information content (AvgIpc) is 3.24. The second kappa shape index (κ2) is 9.47. The molecule has 2 aromatic rings. The van der Waals surface area contributed by atoms with Crippen LogP contribution in [-0.2, 0) is 12.1 Å². The molecule has 3 rings (SSSR count). The molecule has 1 fully saturated rings. The minimum atomic E-state index is -4.76. The second-order valence-electron chi connectivity index (χ2n) is 7.92. The molecular weight excluding hydrogens is 423 g/mol. The smallest absolute Gasteiger partial charge is 0.406 e. The van der Waals surface area contributed by atoms with Crippen molar-refractivity contribution in [2.45, 2.75) is 57.5 Å². The molecule has 1 saturated carbocycles. The maximum absolute atomic E-state index is 12.4. The van der Waals surface area contributed by atoms with Crippen molar-refractivity contribution >= 4 is 11.4 Å². The van der Waals surface area contributed by atoms with Gasteiger partial charge in [-0.1, -0.05) is 19.1 Å². The topological polar surface area (TPSA) is 60.0 Å². The Kier molecular flexibility index (Phi) is 6.92. The minimum absolute atomic E-state index is 0.0668. The molecule has 0 atom stereocenters. The summed E-state index contributed by atoms with van der Waals surface area (Å²) in [6.45, 7) is 10.4. The van der Waals surface area contributed by atoms with Gasteiger partial charge < -0.3 is 14.5 Å². The number of benzene rings is 2. The van der Waals surface area contributed by atoms with Gasteiger partial charge in [0.2, 0.25) is 0 Å². The predicted molar refractivity (Wildman–Crippen MR) is 114 cm³/mol. The van der Waals surface area contributed by atoms with E-state index in [9.17, 15) is 23.3 Å². The Labute approximate surface area is 184 Å². The van der Waals surface area contributed by atoms with E-state index in [1.54, 1.807) is 12.1 Å². The number of nitro benzene ring substituents is 1. The third-order valence-corrected chi connectivity index (χ3v) is 5.72. The summed E-state index contributed by atoms with van der Waals surface area (Å²) in [6, 6.07) is 10.5. The van der Waals surface area contributed by atoms with Gasteiger partial charge in [0.05, 0.1) is 4.92 Å². The van der Waals surface area contributed by atoms with Crippen molar-refractivity contribution in [1.82, 2.24) is 0 Å². The van der Waals surface area contributed by atoms with Gasteiger partial charge in [0.1, 0.15) is 11.4 Å². The third kappa shape index (κ3) is 5.31. The second-order valence-corrected chi connectivity index (χ2v) is 7.92. The SMILES string of the molecule is [C-]#[N+]C1(c2ccc(N(CCC)Cc3ccc(OC(F)(F)F)cc3)c([N+](=O)[O-])c2)CCCC1. The maximum Gasteiger partial charge on any atom is 0.573 e. The highest BCUT2D eigenvalue weighted by molar-refractivity contribution is 5.65. The number of ether oxygens (including phenoxy) is 1. The Balaban J connectivity index is 1.90. The lowest BCUT2D eigenvalue weighted by Gasteiger charge is -2.25. The Morgan fingerprint density at radius 1 is 1.19 bits per heavy atom. The standard InChI is InChI=1S/C23H24F3N3O3/c1-3-14-28(16-17-6-9-19(10-7-17)32-23(24,25)26)20-11-8-18(15-21(20)29(30)31)22(27-2)12-4-5-13-22/h6-11,15H,3-5,12-14,16H2,1H3. The predicted octanol–water partition coefficient (Wildman–Crippen LogP) is 6.60. The van der Waals surface area contributed by atoms with Crippen LogP contribution in [0.25, 0.3) is 4.85 Å². The molecule has 0 unspecified atom stereocenters. The normalized spacial score (nSPS) is 15.2. The maximum atomic E-state index is 12.4. The molecule has 0 spiro atoms. The molecule has 0 radical (unpaired) electrons. The van der Waals surface area contributed by atoms with E-state index in [4.69, 9.17) is 6.57 Å². The largest absolute Gasteiger partial charge is 0.573 e. The number of rotatable bonds is 8. The first kappa shape index (κ1) is 23.4. The van der Waals surface area contributed by atoms with E-state index in [1.165, 1.54) is 30.3 Å². The fraction of sp³-hybridized carbons (Fsp3) is 0.435. The first-order valence-corrected chi connectivity index (χ1v) is 10.4. The van der Waals surface area contributed by atoms with Gasteiger partial charge in [-0.05, 0) is 49.1 Å². The number of hydrogen-bond donors (Lipinski definition) is 0. The van der Waals surface area contributed by atoms with Crippen molar-refractivity contribution < 1.29 is 22.8 Å². The van der Waals surface area contributed by atoms with Crippen LogP contribution in [0.2, 0.25) is 0 Å². The lowest BCUT2D eigenvalue weighted by atomic mass is 9.88. The van der Waals surface area contributed by atoms with Gasteiger partial charge in [0, 0.05) is 37.6 Å². The van der Waals surface area contributed by atoms with Gasteiger partial charge in [0.25, 0.3) is 11.2 Å². The minimum Gasteiger partial charge on any atom is -0.406 e. The molecule has 2 aromatic carbocycles. The van der Waals surface area contributed by atoms with E-state index in [1.807, 2.05) is 11.8 Å². The molecule has 0 bridgehead atoms. The van der Waals surface area contributed by atoms with Crippen molar-refractivity contribution in [2.24, 2.45) is 0 Å². The lowest BCUT2D eigenvalue weighted by molar-refractivity contribution is -0.384. The van der Waals surface area contributed by atoms with Gasteiger partial charge in [-0.3, -0.25) is 10.1 Å². The highest BCUT2D eigenvalue weighted by atomic mass is 19.4. The van der Waals surface area contributed by atoms with Crippen molar-refractivity contribution in [3.05, 3.63) is 75.1 Å². The van der Waals surface area contributed by atoms with Crippen LogP contribution in [0.15, 0.2) is 42.5 Å². The summed E-state index contributed by atoms with van der Waals surface area (Å²) in [5, 5.41) is 11.9. The number of halogens is 3. The Morgan fingerprint density at radius 3 is 2.38 bits per heavy atom. The molecule has 9 heteroatoms. The summed E-state index contributed by atoms with van der Waals surface area (Å²) in [5.41, 5.74) is 1.02. The van der Waals surface area contributed by atoms with Gasteiger partial charge in [-0.25, -0.2) is 6.57 Å². The van der Waals surface area contributed by atoms with Crippen molar-refractivity contribution in [3.63, 3.8) is 0 Å². The molecule has 0 amide bonds. The Hall–Kier alpha value is -3.28. The summed E-state index contributed by atoms with van der Waals surface area (Å²) in [7, 11) is 0. The van der Waals surface area contributed by atoms with E-state index in [2.05, 4.69) is 9.58 Å². The zero-order chi connectivity index (χ0) is 23.4. The van der Waals surface area contributed by atoms with Crippen molar-refractivity contribution in [3.8, 4) is 5.75 Å². The summed E-state index contributed by atoms with van der Waals surface area (Å²) < 4.78 is 41.0. The highest BCUT2D eigenvalue weighted by Gasteiger charge is 2.43. The number of nitro groups is 1. The first-order valence-electron chi connectivity index (χ1n) is 10.4. The molecule has 1 aliphatic rings. The molecule has 32 heavy (non-hydrogen) atoms. The zero-order valence-electron chi connectivity index (χ0n) is 17.7. The lowest BCUT2D eigenvalue weighted by Crippen LogP contribution is -2.25. The van der Waals surface area contributed by atoms with E-state index in [0.717, 1.165) is 19.3 Å². The van der Waals surface area contributed by atoms with E-state index >= 15 is 0 Å². The number of alkyl halides is 3. The third-order valence-electron chi connectivity index (χ3n) is 5.72. The van der Waals surface area contributed by atoms with Crippen LogP contribution < -0.4 is 9.64 Å². The summed E-state index contributed by atoms with van der Waals surface area (Å²) in [6.07, 6.45) is -0.807. The van der Waals surface area contributed by atoms with Crippen LogP contribution in [-0.4, -0.2) is 17.8 Å². The Morgan fingerprint density at radius 2 is 1.84 bits per heavy atom. The van der Waals surface area contributed by atoms with E-state index in [-0.39, 0.29) is 18.0 Å².